The summed E-state index contributed by atoms with van der Waals surface area (Å²) in [6.07, 6.45) is 5.38. The Morgan fingerprint density at radius 2 is 1.36 bits per heavy atom. The van der Waals surface area contributed by atoms with Gasteiger partial charge >= 0.3 is 0 Å². The Bertz CT molecular complexity index is 2410. The number of nitrogens with zero attached hydrogens (tertiary/aromatic N) is 2. The SMILES string of the molecule is COc1cc2c3c(c4c(c2cc1C=O)-c1ccccc1C4(C)C)C=CC(c1ccccc1)(c1ccc(N2CCN(c4ccccc4OC)CC2)cc1)O3. The van der Waals surface area contributed by atoms with Crippen LogP contribution in [-0.4, -0.2) is 46.7 Å². The van der Waals surface area contributed by atoms with Crippen LogP contribution < -0.4 is 24.0 Å². The lowest BCUT2D eigenvalue weighted by Gasteiger charge is -2.39. The summed E-state index contributed by atoms with van der Waals surface area (Å²) in [5.74, 6) is 2.23. The minimum atomic E-state index is -0.900. The van der Waals surface area contributed by atoms with E-state index < -0.39 is 5.60 Å². The number of fused-ring (bicyclic) bond motifs is 8. The number of para-hydroxylation sites is 2. The lowest BCUT2D eigenvalue weighted by atomic mass is 9.76. The quantitative estimate of drug-likeness (QED) is 0.155. The number of rotatable bonds is 7. The highest BCUT2D eigenvalue weighted by Crippen LogP contribution is 2.58. The van der Waals surface area contributed by atoms with Gasteiger partial charge < -0.3 is 24.0 Å². The molecular formula is C47H42N2O4. The lowest BCUT2D eigenvalue weighted by Crippen LogP contribution is -2.46. The van der Waals surface area contributed by atoms with E-state index in [2.05, 4.69) is 121 Å². The van der Waals surface area contributed by atoms with Gasteiger partial charge in [0.05, 0.1) is 25.5 Å². The zero-order chi connectivity index (χ0) is 36.3. The molecule has 0 spiro atoms. The minimum absolute atomic E-state index is 0.288. The Morgan fingerprint density at radius 1 is 0.698 bits per heavy atom. The second-order valence-electron chi connectivity index (χ2n) is 14.7. The van der Waals surface area contributed by atoms with Crippen molar-refractivity contribution in [3.05, 3.63) is 155 Å². The average molecular weight is 699 g/mol. The summed E-state index contributed by atoms with van der Waals surface area (Å²) in [6, 6.07) is 40.2. The second kappa shape index (κ2) is 12.6. The van der Waals surface area contributed by atoms with E-state index in [4.69, 9.17) is 14.2 Å². The first kappa shape index (κ1) is 32.9. The monoisotopic (exact) mass is 698 g/mol. The lowest BCUT2D eigenvalue weighted by molar-refractivity contribution is 0.112. The maximum Gasteiger partial charge on any atom is 0.178 e. The molecule has 1 unspecified atom stereocenters. The Balaban J connectivity index is 1.15. The molecule has 0 aromatic heterocycles. The predicted octanol–water partition coefficient (Wildman–Crippen LogP) is 9.65. The van der Waals surface area contributed by atoms with E-state index in [-0.39, 0.29) is 5.41 Å². The maximum absolute atomic E-state index is 12.4. The molecule has 1 saturated heterocycles. The van der Waals surface area contributed by atoms with Gasteiger partial charge in [0, 0.05) is 59.4 Å². The fourth-order valence-electron chi connectivity index (χ4n) is 8.94. The third kappa shape index (κ3) is 5.03. The van der Waals surface area contributed by atoms with Crippen LogP contribution in [0.15, 0.2) is 121 Å². The van der Waals surface area contributed by atoms with Crippen molar-refractivity contribution in [3.63, 3.8) is 0 Å². The van der Waals surface area contributed by atoms with E-state index in [0.29, 0.717) is 11.3 Å². The van der Waals surface area contributed by atoms with Crippen molar-refractivity contribution in [2.24, 2.45) is 0 Å². The molecule has 0 radical (unpaired) electrons. The van der Waals surface area contributed by atoms with E-state index >= 15 is 0 Å². The molecule has 1 fully saturated rings. The molecule has 1 aliphatic carbocycles. The number of benzene rings is 6. The van der Waals surface area contributed by atoms with Gasteiger partial charge in [0.25, 0.3) is 0 Å². The first-order valence-electron chi connectivity index (χ1n) is 18.3. The number of carbonyl (C=O) groups excluding carboxylic acids is 1. The number of carbonyl (C=O) groups is 1. The highest BCUT2D eigenvalue weighted by atomic mass is 16.5. The van der Waals surface area contributed by atoms with E-state index in [1.54, 1.807) is 14.2 Å². The van der Waals surface area contributed by atoms with E-state index in [0.717, 1.165) is 82.7 Å². The third-order valence-electron chi connectivity index (χ3n) is 11.6. The summed E-state index contributed by atoms with van der Waals surface area (Å²) in [5.41, 5.74) is 9.61. The fraction of sp³-hybridized carbons (Fsp3) is 0.213. The van der Waals surface area contributed by atoms with Crippen molar-refractivity contribution in [2.75, 3.05) is 50.2 Å². The largest absolute Gasteiger partial charge is 0.496 e. The number of aldehydes is 1. The molecule has 2 aliphatic heterocycles. The summed E-state index contributed by atoms with van der Waals surface area (Å²) in [6.45, 7) is 8.21. The van der Waals surface area contributed by atoms with Gasteiger partial charge in [-0.1, -0.05) is 98.8 Å². The van der Waals surface area contributed by atoms with Gasteiger partial charge in [0.2, 0.25) is 0 Å². The van der Waals surface area contributed by atoms with E-state index in [9.17, 15) is 4.79 Å². The van der Waals surface area contributed by atoms with Gasteiger partial charge in [-0.05, 0) is 70.1 Å². The number of hydrogen-bond acceptors (Lipinski definition) is 6. The molecule has 0 saturated carbocycles. The van der Waals surface area contributed by atoms with Crippen LogP contribution in [0.2, 0.25) is 0 Å². The molecule has 3 aliphatic rings. The van der Waals surface area contributed by atoms with E-state index in [1.165, 1.54) is 22.4 Å². The van der Waals surface area contributed by atoms with Crippen molar-refractivity contribution in [1.82, 2.24) is 0 Å². The molecule has 264 valence electrons. The summed E-state index contributed by atoms with van der Waals surface area (Å²) in [4.78, 5) is 17.2. The zero-order valence-corrected chi connectivity index (χ0v) is 30.6. The number of methoxy groups -OCH3 is 2. The van der Waals surface area contributed by atoms with Crippen LogP contribution in [0.1, 0.15) is 52.0 Å². The van der Waals surface area contributed by atoms with Gasteiger partial charge in [-0.15, -0.1) is 0 Å². The highest BCUT2D eigenvalue weighted by molar-refractivity contribution is 6.10. The van der Waals surface area contributed by atoms with Crippen molar-refractivity contribution < 1.29 is 19.0 Å². The van der Waals surface area contributed by atoms with Crippen LogP contribution in [0, 0.1) is 0 Å². The molecule has 0 N–H and O–H groups in total. The van der Waals surface area contributed by atoms with Crippen LogP contribution in [0.3, 0.4) is 0 Å². The van der Waals surface area contributed by atoms with Crippen molar-refractivity contribution in [1.29, 1.82) is 0 Å². The number of anilines is 2. The molecule has 6 nitrogen and oxygen atoms in total. The molecule has 0 bridgehead atoms. The number of piperazine rings is 1. The first-order valence-corrected chi connectivity index (χ1v) is 18.3. The van der Waals surface area contributed by atoms with Gasteiger partial charge in [-0.3, -0.25) is 4.79 Å². The average Bonchev–Trinajstić information content (AvgIpc) is 3.47. The van der Waals surface area contributed by atoms with Crippen molar-refractivity contribution in [2.45, 2.75) is 24.9 Å². The third-order valence-corrected chi connectivity index (χ3v) is 11.6. The Labute approximate surface area is 310 Å². The standard InChI is InChI=1S/C47H42N2O4/c1-46(2)39-15-9-8-14-35(39)43-37-28-31(30-50)42(52-4)29-38(37)45-36(44(43)46)22-23-47(53-45,32-12-6-5-7-13-32)33-18-20-34(21-19-33)48-24-26-49(27-25-48)40-16-10-11-17-41(40)51-3/h5-23,28-30H,24-27H2,1-4H3. The fourth-order valence-corrected chi connectivity index (χ4v) is 8.94. The normalized spacial score (nSPS) is 18.2. The van der Waals surface area contributed by atoms with Crippen LogP contribution in [0.4, 0.5) is 11.4 Å². The number of ether oxygens (including phenoxy) is 3. The summed E-state index contributed by atoms with van der Waals surface area (Å²) >= 11 is 0. The first-order chi connectivity index (χ1) is 25.9. The van der Waals surface area contributed by atoms with Crippen LogP contribution >= 0.6 is 0 Å². The molecule has 6 heteroatoms. The molecule has 0 amide bonds. The highest BCUT2D eigenvalue weighted by Gasteiger charge is 2.44. The maximum atomic E-state index is 12.4. The smallest absolute Gasteiger partial charge is 0.178 e. The van der Waals surface area contributed by atoms with E-state index in [1.807, 2.05) is 30.3 Å². The Kier molecular flexibility index (Phi) is 7.81. The van der Waals surface area contributed by atoms with Crippen LogP contribution in [0.25, 0.3) is 28.0 Å². The Morgan fingerprint density at radius 3 is 2.09 bits per heavy atom. The molecule has 6 aromatic carbocycles. The minimum Gasteiger partial charge on any atom is -0.496 e. The van der Waals surface area contributed by atoms with Crippen LogP contribution in [0.5, 0.6) is 17.2 Å². The van der Waals surface area contributed by atoms with Crippen molar-refractivity contribution in [3.8, 4) is 28.4 Å². The second-order valence-corrected chi connectivity index (χ2v) is 14.7. The predicted molar refractivity (Wildman–Crippen MR) is 214 cm³/mol. The van der Waals surface area contributed by atoms with Gasteiger partial charge in [0.1, 0.15) is 17.2 Å². The zero-order valence-electron chi connectivity index (χ0n) is 30.6. The summed E-state index contributed by atoms with van der Waals surface area (Å²) < 4.78 is 18.9. The summed E-state index contributed by atoms with van der Waals surface area (Å²) in [7, 11) is 3.35. The molecule has 9 rings (SSSR count). The van der Waals surface area contributed by atoms with Gasteiger partial charge in [-0.25, -0.2) is 0 Å². The van der Waals surface area contributed by atoms with Gasteiger partial charge in [-0.2, -0.15) is 0 Å². The number of hydrogen-bond donors (Lipinski definition) is 0. The van der Waals surface area contributed by atoms with Gasteiger partial charge in [0.15, 0.2) is 11.9 Å². The van der Waals surface area contributed by atoms with Crippen molar-refractivity contribution >= 4 is 34.5 Å². The topological polar surface area (TPSA) is 51.2 Å². The molecule has 1 atom stereocenters. The summed E-state index contributed by atoms with van der Waals surface area (Å²) in [5, 5.41) is 1.91. The molecule has 6 aromatic rings. The Hall–Kier alpha value is -6.01. The molecule has 2 heterocycles. The van der Waals surface area contributed by atoms with Crippen LogP contribution in [-0.2, 0) is 11.0 Å². The molecular weight excluding hydrogens is 657 g/mol. The molecule has 53 heavy (non-hydrogen) atoms.